The van der Waals surface area contributed by atoms with Crippen LogP contribution in [0.15, 0.2) is 17.6 Å². The molecule has 82 valence electrons. The number of halogens is 1. The minimum absolute atomic E-state index is 0.381. The number of hydrogen-bond donors (Lipinski definition) is 1. The molecule has 4 nitrogen and oxygen atoms in total. The molecule has 0 aliphatic carbocycles. The smallest absolute Gasteiger partial charge is 0.218 e. The molecule has 0 aromatic carbocycles. The van der Waals surface area contributed by atoms with Crippen LogP contribution in [0.5, 0.6) is 0 Å². The van der Waals surface area contributed by atoms with Gasteiger partial charge >= 0.3 is 0 Å². The molecule has 0 radical (unpaired) electrons. The Hall–Kier alpha value is -0.520. The fourth-order valence-electron chi connectivity index (χ4n) is 1.56. The molecule has 1 aliphatic heterocycles. The Morgan fingerprint density at radius 3 is 2.87 bits per heavy atom. The molecule has 1 aromatic heterocycles. The summed E-state index contributed by atoms with van der Waals surface area (Å²) in [5.74, 6) is 1.11. The van der Waals surface area contributed by atoms with Gasteiger partial charge in [-0.15, -0.1) is 0 Å². The van der Waals surface area contributed by atoms with Crippen molar-refractivity contribution in [2.75, 3.05) is 18.8 Å². The Morgan fingerprint density at radius 2 is 2.27 bits per heavy atom. The number of aromatic nitrogens is 2. The summed E-state index contributed by atoms with van der Waals surface area (Å²) in [7, 11) is -1.10. The van der Waals surface area contributed by atoms with Crippen molar-refractivity contribution < 1.29 is 4.21 Å². The van der Waals surface area contributed by atoms with Gasteiger partial charge in [0.1, 0.15) is 0 Å². The molecule has 1 fully saturated rings. The second-order valence-electron chi connectivity index (χ2n) is 3.55. The Balaban J connectivity index is 1.98. The predicted octanol–water partition coefficient (Wildman–Crippen LogP) is 0.847. The fourth-order valence-corrected chi connectivity index (χ4v) is 2.86. The van der Waals surface area contributed by atoms with E-state index in [1.54, 1.807) is 0 Å². The van der Waals surface area contributed by atoms with E-state index in [1.165, 1.54) is 12.4 Å². The average Bonchev–Trinajstić information content (AvgIpc) is 2.71. The molecule has 0 bridgehead atoms. The van der Waals surface area contributed by atoms with Crippen LogP contribution < -0.4 is 5.32 Å². The third-order valence-corrected chi connectivity index (χ3v) is 3.94. The van der Waals surface area contributed by atoms with Gasteiger partial charge in [-0.25, -0.2) is 9.97 Å². The van der Waals surface area contributed by atoms with Gasteiger partial charge in [-0.05, 0) is 25.4 Å². The van der Waals surface area contributed by atoms with Crippen LogP contribution in [-0.2, 0) is 10.8 Å². The van der Waals surface area contributed by atoms with Gasteiger partial charge < -0.3 is 5.32 Å². The summed E-state index contributed by atoms with van der Waals surface area (Å²) >= 11 is 5.65. The lowest BCUT2D eigenvalue weighted by atomic mass is 10.2. The standard InChI is InChI=1S/C9H12ClN3OS/c10-8-4-12-9(13-5-8)15(14)6-7-1-2-11-3-7/h4-5,7,11H,1-3,6H2/t7-,15+/m0/s1. The first-order chi connectivity index (χ1) is 7.25. The van der Waals surface area contributed by atoms with E-state index in [9.17, 15) is 4.21 Å². The van der Waals surface area contributed by atoms with Crippen molar-refractivity contribution in [3.8, 4) is 0 Å². The van der Waals surface area contributed by atoms with E-state index >= 15 is 0 Å². The first-order valence-corrected chi connectivity index (χ1v) is 6.52. The number of nitrogens with one attached hydrogen (secondary N) is 1. The number of rotatable bonds is 3. The minimum atomic E-state index is -1.10. The van der Waals surface area contributed by atoms with Crippen LogP contribution in [0.4, 0.5) is 0 Å². The van der Waals surface area contributed by atoms with Crippen molar-refractivity contribution in [2.24, 2.45) is 5.92 Å². The largest absolute Gasteiger partial charge is 0.316 e. The van der Waals surface area contributed by atoms with Gasteiger partial charge in [0.2, 0.25) is 5.16 Å². The molecule has 0 unspecified atom stereocenters. The summed E-state index contributed by atoms with van der Waals surface area (Å²) in [6, 6.07) is 0. The summed E-state index contributed by atoms with van der Waals surface area (Å²) < 4.78 is 11.8. The summed E-state index contributed by atoms with van der Waals surface area (Å²) in [5.41, 5.74) is 0. The summed E-state index contributed by atoms with van der Waals surface area (Å²) in [6.07, 6.45) is 4.04. The minimum Gasteiger partial charge on any atom is -0.316 e. The van der Waals surface area contributed by atoms with Crippen LogP contribution in [0.25, 0.3) is 0 Å². The third-order valence-electron chi connectivity index (χ3n) is 2.35. The maximum Gasteiger partial charge on any atom is 0.218 e. The fraction of sp³-hybridized carbons (Fsp3) is 0.556. The van der Waals surface area contributed by atoms with E-state index in [0.717, 1.165) is 19.5 Å². The van der Waals surface area contributed by atoms with Crippen LogP contribution >= 0.6 is 11.6 Å². The summed E-state index contributed by atoms with van der Waals surface area (Å²) in [6.45, 7) is 1.96. The second kappa shape index (κ2) is 5.01. The summed E-state index contributed by atoms with van der Waals surface area (Å²) in [4.78, 5) is 7.91. The number of hydrogen-bond acceptors (Lipinski definition) is 4. The first kappa shape index (κ1) is 11.0. The van der Waals surface area contributed by atoms with Crippen LogP contribution in [0.2, 0.25) is 5.02 Å². The zero-order valence-electron chi connectivity index (χ0n) is 8.15. The lowest BCUT2D eigenvalue weighted by Gasteiger charge is -2.06. The zero-order chi connectivity index (χ0) is 10.7. The number of nitrogens with zero attached hydrogens (tertiary/aromatic N) is 2. The van der Waals surface area contributed by atoms with Crippen molar-refractivity contribution >= 4 is 22.4 Å². The SMILES string of the molecule is O=[S@](C[C@H]1CCNC1)c1ncc(Cl)cn1. The maximum absolute atomic E-state index is 11.8. The van der Waals surface area contributed by atoms with Gasteiger partial charge in [-0.1, -0.05) is 11.6 Å². The van der Waals surface area contributed by atoms with Crippen molar-refractivity contribution in [1.82, 2.24) is 15.3 Å². The molecular weight excluding hydrogens is 234 g/mol. The molecule has 6 heteroatoms. The lowest BCUT2D eigenvalue weighted by molar-refractivity contribution is 0.628. The van der Waals surface area contributed by atoms with Gasteiger partial charge in [0, 0.05) is 5.75 Å². The second-order valence-corrected chi connectivity index (χ2v) is 5.38. The highest BCUT2D eigenvalue weighted by atomic mass is 35.5. The maximum atomic E-state index is 11.8. The Bertz CT molecular complexity index is 351. The van der Waals surface area contributed by atoms with E-state index in [-0.39, 0.29) is 0 Å². The van der Waals surface area contributed by atoms with Gasteiger partial charge in [-0.3, -0.25) is 4.21 Å². The molecule has 0 spiro atoms. The molecule has 1 saturated heterocycles. The van der Waals surface area contributed by atoms with Crippen LogP contribution in [-0.4, -0.2) is 33.0 Å². The molecule has 1 aliphatic rings. The predicted molar refractivity (Wildman–Crippen MR) is 59.3 cm³/mol. The Kier molecular flexibility index (Phi) is 3.66. The molecule has 15 heavy (non-hydrogen) atoms. The van der Waals surface area contributed by atoms with E-state index in [4.69, 9.17) is 11.6 Å². The Morgan fingerprint density at radius 1 is 1.53 bits per heavy atom. The summed E-state index contributed by atoms with van der Waals surface area (Å²) in [5, 5.41) is 4.09. The van der Waals surface area contributed by atoms with E-state index in [0.29, 0.717) is 21.8 Å². The third kappa shape index (κ3) is 2.96. The van der Waals surface area contributed by atoms with Gasteiger partial charge in [-0.2, -0.15) is 0 Å². The zero-order valence-corrected chi connectivity index (χ0v) is 9.72. The van der Waals surface area contributed by atoms with Crippen LogP contribution in [0, 0.1) is 5.92 Å². The molecule has 0 saturated carbocycles. The van der Waals surface area contributed by atoms with Crippen LogP contribution in [0.3, 0.4) is 0 Å². The molecule has 2 rings (SSSR count). The molecule has 0 amide bonds. The quantitative estimate of drug-likeness (QED) is 0.803. The van der Waals surface area contributed by atoms with E-state index in [1.807, 2.05) is 0 Å². The van der Waals surface area contributed by atoms with E-state index in [2.05, 4.69) is 15.3 Å². The van der Waals surface area contributed by atoms with Crippen molar-refractivity contribution in [3.63, 3.8) is 0 Å². The van der Waals surface area contributed by atoms with Crippen molar-refractivity contribution in [3.05, 3.63) is 17.4 Å². The van der Waals surface area contributed by atoms with Crippen LogP contribution in [0.1, 0.15) is 6.42 Å². The normalized spacial score (nSPS) is 22.9. The lowest BCUT2D eigenvalue weighted by Crippen LogP contribution is -2.16. The molecule has 2 atom stereocenters. The molecule has 1 aromatic rings. The Labute approximate surface area is 95.9 Å². The van der Waals surface area contributed by atoms with Gasteiger partial charge in [0.15, 0.2) is 0 Å². The molecular formula is C9H12ClN3OS. The van der Waals surface area contributed by atoms with E-state index < -0.39 is 10.8 Å². The monoisotopic (exact) mass is 245 g/mol. The van der Waals surface area contributed by atoms with Crippen molar-refractivity contribution in [2.45, 2.75) is 11.6 Å². The average molecular weight is 246 g/mol. The molecule has 2 heterocycles. The first-order valence-electron chi connectivity index (χ1n) is 4.82. The highest BCUT2D eigenvalue weighted by molar-refractivity contribution is 7.84. The van der Waals surface area contributed by atoms with Gasteiger partial charge in [0.25, 0.3) is 0 Å². The molecule has 1 N–H and O–H groups in total. The topological polar surface area (TPSA) is 54.9 Å². The van der Waals surface area contributed by atoms with Gasteiger partial charge in [0.05, 0.1) is 28.2 Å². The van der Waals surface area contributed by atoms with Crippen molar-refractivity contribution in [1.29, 1.82) is 0 Å². The highest BCUT2D eigenvalue weighted by Crippen LogP contribution is 2.12. The highest BCUT2D eigenvalue weighted by Gasteiger charge is 2.19.